The first-order chi connectivity index (χ1) is 12.6. The quantitative estimate of drug-likeness (QED) is 0.664. The molecular formula is C21H38ClN3O2. The highest BCUT2D eigenvalue weighted by Crippen LogP contribution is 2.28. The van der Waals surface area contributed by atoms with E-state index in [0.717, 1.165) is 45.1 Å². The van der Waals surface area contributed by atoms with Crippen LogP contribution in [0.2, 0.25) is 0 Å². The summed E-state index contributed by atoms with van der Waals surface area (Å²) in [5.41, 5.74) is 0. The maximum absolute atomic E-state index is 12.5. The van der Waals surface area contributed by atoms with Crippen molar-refractivity contribution in [3.8, 4) is 0 Å². The number of hydrogen-bond donors (Lipinski definition) is 3. The van der Waals surface area contributed by atoms with Gasteiger partial charge in [0.25, 0.3) is 0 Å². The predicted octanol–water partition coefficient (Wildman–Crippen LogP) is 3.31. The van der Waals surface area contributed by atoms with E-state index < -0.39 is 0 Å². The Kier molecular flexibility index (Phi) is 9.37. The number of amides is 2. The summed E-state index contributed by atoms with van der Waals surface area (Å²) in [5.74, 6) is 1.19. The lowest BCUT2D eigenvalue weighted by Crippen LogP contribution is -2.49. The first-order valence-electron chi connectivity index (χ1n) is 10.9. The van der Waals surface area contributed by atoms with Crippen LogP contribution in [0.4, 0.5) is 0 Å². The molecule has 3 aliphatic rings. The zero-order chi connectivity index (χ0) is 18.4. The van der Waals surface area contributed by atoms with Crippen LogP contribution in [0, 0.1) is 11.8 Å². The van der Waals surface area contributed by atoms with Crippen LogP contribution in [0.5, 0.6) is 0 Å². The fourth-order valence-corrected chi connectivity index (χ4v) is 5.02. The van der Waals surface area contributed by atoms with Gasteiger partial charge in [0.1, 0.15) is 0 Å². The third-order valence-electron chi connectivity index (χ3n) is 6.63. The van der Waals surface area contributed by atoms with Gasteiger partial charge in [-0.05, 0) is 70.8 Å². The molecule has 2 aliphatic carbocycles. The van der Waals surface area contributed by atoms with Crippen molar-refractivity contribution < 1.29 is 9.59 Å². The number of nitrogens with one attached hydrogen (secondary N) is 3. The van der Waals surface area contributed by atoms with Crippen molar-refractivity contribution in [1.82, 2.24) is 16.0 Å². The van der Waals surface area contributed by atoms with Gasteiger partial charge in [0, 0.05) is 30.5 Å². The summed E-state index contributed by atoms with van der Waals surface area (Å²) in [5, 5.41) is 9.92. The van der Waals surface area contributed by atoms with Gasteiger partial charge in [0.05, 0.1) is 0 Å². The smallest absolute Gasteiger partial charge is 0.223 e. The second-order valence-electron chi connectivity index (χ2n) is 8.91. The third kappa shape index (κ3) is 7.26. The van der Waals surface area contributed by atoms with E-state index in [1.807, 2.05) is 0 Å². The number of carbonyl (C=O) groups excluding carboxylic acids is 2. The third-order valence-corrected chi connectivity index (χ3v) is 6.63. The highest BCUT2D eigenvalue weighted by atomic mass is 35.5. The molecule has 0 bridgehead atoms. The summed E-state index contributed by atoms with van der Waals surface area (Å²) >= 11 is 0. The minimum atomic E-state index is 0. The molecule has 0 aromatic carbocycles. The Bertz CT molecular complexity index is 474. The average molecular weight is 400 g/mol. The first kappa shape index (κ1) is 22.5. The summed E-state index contributed by atoms with van der Waals surface area (Å²) in [7, 11) is 0. The van der Waals surface area contributed by atoms with E-state index in [2.05, 4.69) is 22.9 Å². The van der Waals surface area contributed by atoms with Crippen LogP contribution in [0.25, 0.3) is 0 Å². The summed E-state index contributed by atoms with van der Waals surface area (Å²) in [6.07, 6.45) is 12.8. The fraction of sp³-hybridized carbons (Fsp3) is 0.905. The monoisotopic (exact) mass is 399 g/mol. The number of hydrogen-bond acceptors (Lipinski definition) is 3. The molecule has 3 fully saturated rings. The molecule has 0 radical (unpaired) electrons. The van der Waals surface area contributed by atoms with Crippen molar-refractivity contribution in [2.75, 3.05) is 6.54 Å². The Morgan fingerprint density at radius 3 is 2.26 bits per heavy atom. The lowest BCUT2D eigenvalue weighted by Gasteiger charge is -2.32. The van der Waals surface area contributed by atoms with E-state index in [1.165, 1.54) is 32.1 Å². The van der Waals surface area contributed by atoms with Crippen molar-refractivity contribution in [2.45, 2.75) is 102 Å². The first-order valence-corrected chi connectivity index (χ1v) is 10.9. The summed E-state index contributed by atoms with van der Waals surface area (Å²) in [4.78, 5) is 24.8. The van der Waals surface area contributed by atoms with Gasteiger partial charge in [-0.3, -0.25) is 9.59 Å². The van der Waals surface area contributed by atoms with Crippen LogP contribution in [0.15, 0.2) is 0 Å². The molecule has 2 amide bonds. The highest BCUT2D eigenvalue weighted by Gasteiger charge is 2.29. The Hall–Kier alpha value is -0.810. The Morgan fingerprint density at radius 1 is 0.889 bits per heavy atom. The molecule has 5 nitrogen and oxygen atoms in total. The maximum atomic E-state index is 12.5. The Morgan fingerprint density at radius 2 is 1.59 bits per heavy atom. The normalized spacial score (nSPS) is 32.2. The number of halogens is 1. The van der Waals surface area contributed by atoms with Gasteiger partial charge in [-0.25, -0.2) is 0 Å². The number of rotatable bonds is 5. The van der Waals surface area contributed by atoms with Gasteiger partial charge in [0.2, 0.25) is 11.8 Å². The van der Waals surface area contributed by atoms with E-state index in [0.29, 0.717) is 24.4 Å². The largest absolute Gasteiger partial charge is 0.353 e. The van der Waals surface area contributed by atoms with Crippen LogP contribution in [-0.2, 0) is 9.59 Å². The van der Waals surface area contributed by atoms with Crippen molar-refractivity contribution in [2.24, 2.45) is 11.8 Å². The van der Waals surface area contributed by atoms with Crippen LogP contribution in [-0.4, -0.2) is 36.5 Å². The molecule has 0 aromatic rings. The van der Waals surface area contributed by atoms with Gasteiger partial charge < -0.3 is 16.0 Å². The topological polar surface area (TPSA) is 70.2 Å². The molecule has 6 heteroatoms. The van der Waals surface area contributed by atoms with E-state index in [1.54, 1.807) is 0 Å². The summed E-state index contributed by atoms with van der Waals surface area (Å²) < 4.78 is 0. The lowest BCUT2D eigenvalue weighted by atomic mass is 9.84. The molecule has 0 aromatic heterocycles. The van der Waals surface area contributed by atoms with E-state index in [9.17, 15) is 9.59 Å². The highest BCUT2D eigenvalue weighted by molar-refractivity contribution is 5.85. The molecule has 3 N–H and O–H groups in total. The van der Waals surface area contributed by atoms with Gasteiger partial charge in [-0.2, -0.15) is 0 Å². The van der Waals surface area contributed by atoms with Crippen LogP contribution < -0.4 is 16.0 Å². The minimum Gasteiger partial charge on any atom is -0.353 e. The molecule has 3 rings (SSSR count). The molecule has 156 valence electrons. The van der Waals surface area contributed by atoms with E-state index >= 15 is 0 Å². The summed E-state index contributed by atoms with van der Waals surface area (Å²) in [6.45, 7) is 3.17. The van der Waals surface area contributed by atoms with Gasteiger partial charge in [-0.1, -0.05) is 19.3 Å². The van der Waals surface area contributed by atoms with Crippen molar-refractivity contribution >= 4 is 24.2 Å². The van der Waals surface area contributed by atoms with E-state index in [4.69, 9.17) is 0 Å². The minimum absolute atomic E-state index is 0. The van der Waals surface area contributed by atoms with Gasteiger partial charge >= 0.3 is 0 Å². The molecule has 1 aliphatic heterocycles. The number of piperidine rings is 1. The SMILES string of the molecule is CC1CC(NC(=O)C2CCC(NC(=O)CC3CCCCC3)CC2)CCN1.Cl. The van der Waals surface area contributed by atoms with Crippen molar-refractivity contribution in [3.05, 3.63) is 0 Å². The Balaban J connectivity index is 0.00000261. The van der Waals surface area contributed by atoms with Gasteiger partial charge in [-0.15, -0.1) is 12.4 Å². The second kappa shape index (κ2) is 11.3. The van der Waals surface area contributed by atoms with Crippen LogP contribution >= 0.6 is 12.4 Å². The summed E-state index contributed by atoms with van der Waals surface area (Å²) in [6, 6.07) is 1.09. The average Bonchev–Trinajstić information content (AvgIpc) is 2.63. The molecule has 1 heterocycles. The standard InChI is InChI=1S/C21H37N3O2.ClH/c1-15-13-19(11-12-22-15)24-21(26)17-7-9-18(10-8-17)23-20(25)14-16-5-3-2-4-6-16;/h15-19,22H,2-14H2,1H3,(H,23,25)(H,24,26);1H. The molecule has 2 unspecified atom stereocenters. The maximum Gasteiger partial charge on any atom is 0.223 e. The van der Waals surface area contributed by atoms with Crippen molar-refractivity contribution in [3.63, 3.8) is 0 Å². The molecule has 2 atom stereocenters. The van der Waals surface area contributed by atoms with Gasteiger partial charge in [0.15, 0.2) is 0 Å². The molecule has 0 spiro atoms. The second-order valence-corrected chi connectivity index (χ2v) is 8.91. The molecular weight excluding hydrogens is 362 g/mol. The molecule has 1 saturated heterocycles. The fourth-order valence-electron chi connectivity index (χ4n) is 5.02. The predicted molar refractivity (Wildman–Crippen MR) is 111 cm³/mol. The number of carbonyl (C=O) groups is 2. The van der Waals surface area contributed by atoms with Crippen LogP contribution in [0.1, 0.15) is 84.0 Å². The molecule has 27 heavy (non-hydrogen) atoms. The zero-order valence-electron chi connectivity index (χ0n) is 16.8. The van der Waals surface area contributed by atoms with Crippen molar-refractivity contribution in [1.29, 1.82) is 0 Å². The van der Waals surface area contributed by atoms with E-state index in [-0.39, 0.29) is 36.2 Å². The van der Waals surface area contributed by atoms with Crippen LogP contribution in [0.3, 0.4) is 0 Å². The zero-order valence-corrected chi connectivity index (χ0v) is 17.6. The molecule has 2 saturated carbocycles. The Labute approximate surface area is 170 Å². The lowest BCUT2D eigenvalue weighted by molar-refractivity contribution is -0.127.